The molecule has 1 amide bonds. The Labute approximate surface area is 133 Å². The molecule has 1 atom stereocenters. The maximum absolute atomic E-state index is 12.1. The number of aliphatic carboxylic acids is 1. The van der Waals surface area contributed by atoms with E-state index in [2.05, 4.69) is 5.32 Å². The molecule has 0 unspecified atom stereocenters. The molecule has 0 spiro atoms. The average molecular weight is 314 g/mol. The maximum atomic E-state index is 12.1. The van der Waals surface area contributed by atoms with Crippen molar-refractivity contribution in [2.45, 2.75) is 19.4 Å². The first-order chi connectivity index (χ1) is 10.9. The molecule has 0 aromatic heterocycles. The van der Waals surface area contributed by atoms with Crippen molar-refractivity contribution < 1.29 is 19.8 Å². The summed E-state index contributed by atoms with van der Waals surface area (Å²) in [5.41, 5.74) is 7.93. The third-order valence-electron chi connectivity index (χ3n) is 3.53. The summed E-state index contributed by atoms with van der Waals surface area (Å²) in [6.45, 7) is 1.77. The molecule has 0 heterocycles. The van der Waals surface area contributed by atoms with Crippen molar-refractivity contribution in [2.24, 2.45) is 0 Å². The van der Waals surface area contributed by atoms with Gasteiger partial charge in [0.05, 0.1) is 0 Å². The highest BCUT2D eigenvalue weighted by Crippen LogP contribution is 2.17. The third kappa shape index (κ3) is 4.23. The van der Waals surface area contributed by atoms with Crippen molar-refractivity contribution in [1.82, 2.24) is 5.32 Å². The molecule has 0 bridgehead atoms. The van der Waals surface area contributed by atoms with Crippen molar-refractivity contribution in [1.29, 1.82) is 0 Å². The van der Waals surface area contributed by atoms with E-state index in [4.69, 9.17) is 5.73 Å². The molecule has 0 saturated heterocycles. The number of hydrogen-bond acceptors (Lipinski definition) is 4. The lowest BCUT2D eigenvalue weighted by molar-refractivity contribution is -0.139. The smallest absolute Gasteiger partial charge is 0.326 e. The van der Waals surface area contributed by atoms with Gasteiger partial charge in [-0.25, -0.2) is 4.79 Å². The van der Waals surface area contributed by atoms with Gasteiger partial charge in [0.15, 0.2) is 0 Å². The van der Waals surface area contributed by atoms with Crippen LogP contribution in [0.5, 0.6) is 5.75 Å². The molecule has 120 valence electrons. The first kappa shape index (κ1) is 16.4. The number of amides is 1. The molecule has 2 rings (SSSR count). The number of rotatable bonds is 5. The highest BCUT2D eigenvalue weighted by molar-refractivity contribution is 5.96. The van der Waals surface area contributed by atoms with Crippen LogP contribution in [-0.4, -0.2) is 28.1 Å². The van der Waals surface area contributed by atoms with Crippen LogP contribution in [0.25, 0.3) is 0 Å². The zero-order chi connectivity index (χ0) is 17.0. The standard InChI is InChI=1S/C17H18N2O4/c1-10-8-14(20)7-4-12(10)9-15(17(22)23)19-16(21)11-2-5-13(18)6-3-11/h2-8,15,20H,9,18H2,1H3,(H,19,21)(H,22,23)/t15-/m0/s1. The number of carboxylic acids is 1. The zero-order valence-electron chi connectivity index (χ0n) is 12.6. The van der Waals surface area contributed by atoms with Crippen LogP contribution in [0.3, 0.4) is 0 Å². The van der Waals surface area contributed by atoms with E-state index in [1.54, 1.807) is 31.2 Å². The van der Waals surface area contributed by atoms with Gasteiger partial charge >= 0.3 is 5.97 Å². The molecular formula is C17H18N2O4. The number of aromatic hydroxyl groups is 1. The lowest BCUT2D eigenvalue weighted by atomic mass is 10.0. The Balaban J connectivity index is 2.14. The number of anilines is 1. The van der Waals surface area contributed by atoms with Gasteiger partial charge in [-0.1, -0.05) is 6.07 Å². The van der Waals surface area contributed by atoms with Crippen molar-refractivity contribution in [2.75, 3.05) is 5.73 Å². The second kappa shape index (κ2) is 6.83. The van der Waals surface area contributed by atoms with Gasteiger partial charge in [-0.05, 0) is 54.4 Å². The molecule has 2 aromatic carbocycles. The van der Waals surface area contributed by atoms with Crippen LogP contribution in [0.4, 0.5) is 5.69 Å². The number of phenols is 1. The number of hydrogen-bond donors (Lipinski definition) is 4. The maximum Gasteiger partial charge on any atom is 0.326 e. The molecule has 0 aliphatic heterocycles. The number of aryl methyl sites for hydroxylation is 1. The van der Waals surface area contributed by atoms with Crippen LogP contribution in [-0.2, 0) is 11.2 Å². The Hall–Kier alpha value is -3.02. The number of phenolic OH excluding ortho intramolecular Hbond substituents is 1. The van der Waals surface area contributed by atoms with Gasteiger partial charge in [-0.2, -0.15) is 0 Å². The first-order valence-electron chi connectivity index (χ1n) is 7.04. The van der Waals surface area contributed by atoms with Gasteiger partial charge in [-0.15, -0.1) is 0 Å². The fourth-order valence-electron chi connectivity index (χ4n) is 2.21. The minimum atomic E-state index is -1.12. The fourth-order valence-corrected chi connectivity index (χ4v) is 2.21. The van der Waals surface area contributed by atoms with Crippen molar-refractivity contribution >= 4 is 17.6 Å². The van der Waals surface area contributed by atoms with Crippen molar-refractivity contribution in [3.05, 3.63) is 59.2 Å². The SMILES string of the molecule is Cc1cc(O)ccc1C[C@H](NC(=O)c1ccc(N)cc1)C(=O)O. The fraction of sp³-hybridized carbons (Fsp3) is 0.176. The van der Waals surface area contributed by atoms with Crippen LogP contribution in [0.15, 0.2) is 42.5 Å². The van der Waals surface area contributed by atoms with Crippen LogP contribution < -0.4 is 11.1 Å². The summed E-state index contributed by atoms with van der Waals surface area (Å²) < 4.78 is 0. The van der Waals surface area contributed by atoms with E-state index in [0.717, 1.165) is 11.1 Å². The lowest BCUT2D eigenvalue weighted by Crippen LogP contribution is -2.42. The molecule has 0 aliphatic carbocycles. The molecule has 0 fully saturated rings. The van der Waals surface area contributed by atoms with Crippen LogP contribution in [0, 0.1) is 6.92 Å². The summed E-state index contributed by atoms with van der Waals surface area (Å²) in [6, 6.07) is 9.85. The number of carboxylic acid groups (broad SMARTS) is 1. The molecule has 0 aliphatic rings. The molecule has 23 heavy (non-hydrogen) atoms. The van der Waals surface area contributed by atoms with Gasteiger partial charge < -0.3 is 21.3 Å². The summed E-state index contributed by atoms with van der Waals surface area (Å²) in [4.78, 5) is 23.6. The average Bonchev–Trinajstić information content (AvgIpc) is 2.49. The number of nitrogen functional groups attached to an aromatic ring is 1. The number of carbonyl (C=O) groups excluding carboxylic acids is 1. The molecule has 0 saturated carbocycles. The number of benzene rings is 2. The Kier molecular flexibility index (Phi) is 4.85. The van der Waals surface area contributed by atoms with Gasteiger partial charge in [0.2, 0.25) is 0 Å². The van der Waals surface area contributed by atoms with Gasteiger partial charge in [0.25, 0.3) is 5.91 Å². The summed E-state index contributed by atoms with van der Waals surface area (Å²) in [6.07, 6.45) is 0.127. The van der Waals surface area contributed by atoms with Gasteiger partial charge in [-0.3, -0.25) is 4.79 Å². The monoisotopic (exact) mass is 314 g/mol. The molecule has 2 aromatic rings. The van der Waals surface area contributed by atoms with Crippen molar-refractivity contribution in [3.63, 3.8) is 0 Å². The highest BCUT2D eigenvalue weighted by Gasteiger charge is 2.22. The Morgan fingerprint density at radius 2 is 1.83 bits per heavy atom. The van der Waals surface area contributed by atoms with Crippen molar-refractivity contribution in [3.8, 4) is 5.75 Å². The largest absolute Gasteiger partial charge is 0.508 e. The van der Waals surface area contributed by atoms with E-state index >= 15 is 0 Å². The topological polar surface area (TPSA) is 113 Å². The van der Waals surface area contributed by atoms with E-state index in [0.29, 0.717) is 11.3 Å². The predicted molar refractivity (Wildman–Crippen MR) is 86.3 cm³/mol. The summed E-state index contributed by atoms with van der Waals surface area (Å²) in [5, 5.41) is 21.2. The zero-order valence-corrected chi connectivity index (χ0v) is 12.6. The van der Waals surface area contributed by atoms with Crippen LogP contribution in [0.2, 0.25) is 0 Å². The quantitative estimate of drug-likeness (QED) is 0.628. The molecular weight excluding hydrogens is 296 g/mol. The minimum absolute atomic E-state index is 0.115. The summed E-state index contributed by atoms with van der Waals surface area (Å²) in [7, 11) is 0. The van der Waals surface area contributed by atoms with Crippen LogP contribution >= 0.6 is 0 Å². The van der Waals surface area contributed by atoms with E-state index < -0.39 is 17.9 Å². The van der Waals surface area contributed by atoms with E-state index in [9.17, 15) is 19.8 Å². The number of nitrogens with one attached hydrogen (secondary N) is 1. The second-order valence-corrected chi connectivity index (χ2v) is 5.30. The second-order valence-electron chi connectivity index (χ2n) is 5.30. The lowest BCUT2D eigenvalue weighted by Gasteiger charge is -2.16. The number of nitrogens with two attached hydrogens (primary N) is 1. The third-order valence-corrected chi connectivity index (χ3v) is 3.53. The predicted octanol–water partition coefficient (Wildman–Crippen LogP) is 1.71. The van der Waals surface area contributed by atoms with Gasteiger partial charge in [0.1, 0.15) is 11.8 Å². The van der Waals surface area contributed by atoms with Gasteiger partial charge in [0, 0.05) is 17.7 Å². The van der Waals surface area contributed by atoms with E-state index in [1.807, 2.05) is 0 Å². The number of carbonyl (C=O) groups is 2. The Morgan fingerprint density at radius 1 is 1.17 bits per heavy atom. The normalized spacial score (nSPS) is 11.7. The Morgan fingerprint density at radius 3 is 2.39 bits per heavy atom. The summed E-state index contributed by atoms with van der Waals surface area (Å²) >= 11 is 0. The summed E-state index contributed by atoms with van der Waals surface area (Å²) in [5.74, 6) is -1.49. The molecule has 0 radical (unpaired) electrons. The van der Waals surface area contributed by atoms with E-state index in [1.165, 1.54) is 18.2 Å². The van der Waals surface area contributed by atoms with Crippen LogP contribution in [0.1, 0.15) is 21.5 Å². The molecule has 6 heteroatoms. The minimum Gasteiger partial charge on any atom is -0.508 e. The Bertz CT molecular complexity index is 726. The highest BCUT2D eigenvalue weighted by atomic mass is 16.4. The molecule has 6 nitrogen and oxygen atoms in total. The molecule has 5 N–H and O–H groups in total. The first-order valence-corrected chi connectivity index (χ1v) is 7.04. The van der Waals surface area contributed by atoms with E-state index in [-0.39, 0.29) is 12.2 Å².